The number of hydrogen-bond acceptors (Lipinski definition) is 9. The van der Waals surface area contributed by atoms with E-state index < -0.39 is 79.7 Å². The SMILES string of the molecule is CC1(S(=O)(=O)NC(=O)[C@@]23C[C@H]2/C=C\CCCCC[C@H](Nc2cc(F)cc(C(F)(F)F)c2)C(=O)N2C[C@H](Oc4nc(-c5ccccc5)co4)C[C@H]2C(=O)N3)CC1. The third-order valence-electron chi connectivity index (χ3n) is 10.9. The number of fused-ring (bicyclic) bond motifs is 2. The molecule has 7 rings (SSSR count). The van der Waals surface area contributed by atoms with Crippen molar-refractivity contribution in [2.45, 2.75) is 99.4 Å². The molecule has 3 N–H and O–H groups in total. The quantitative estimate of drug-likeness (QED) is 0.192. The molecule has 0 spiro atoms. The van der Waals surface area contributed by atoms with Gasteiger partial charge in [-0.1, -0.05) is 55.3 Å². The van der Waals surface area contributed by atoms with Gasteiger partial charge in [0.05, 0.1) is 16.9 Å². The molecule has 4 aliphatic rings. The molecule has 0 unspecified atom stereocenters. The summed E-state index contributed by atoms with van der Waals surface area (Å²) >= 11 is 0. The molecule has 2 aliphatic carbocycles. The highest BCUT2D eigenvalue weighted by molar-refractivity contribution is 7.91. The number of carbonyl (C=O) groups is 3. The van der Waals surface area contributed by atoms with Gasteiger partial charge in [-0.05, 0) is 63.6 Å². The van der Waals surface area contributed by atoms with Crippen LogP contribution in [0.25, 0.3) is 11.3 Å². The number of halogens is 4. The number of allylic oxidation sites excluding steroid dienone is 1. The Kier molecular flexibility index (Phi) is 10.2. The Morgan fingerprint density at radius 2 is 1.85 bits per heavy atom. The Hall–Kier alpha value is -4.93. The first-order chi connectivity index (χ1) is 26.1. The van der Waals surface area contributed by atoms with Gasteiger partial charge in [-0.3, -0.25) is 19.1 Å². The van der Waals surface area contributed by atoms with E-state index in [1.54, 1.807) is 6.08 Å². The fraction of sp³-hybridized carbons (Fsp3) is 0.474. The summed E-state index contributed by atoms with van der Waals surface area (Å²) in [4.78, 5) is 48.2. The number of oxazole rings is 1. The van der Waals surface area contributed by atoms with Crippen molar-refractivity contribution < 1.29 is 49.5 Å². The molecular weight excluding hydrogens is 747 g/mol. The van der Waals surface area contributed by atoms with Gasteiger partial charge >= 0.3 is 12.3 Å². The minimum atomic E-state index is -4.85. The van der Waals surface area contributed by atoms with Crippen LogP contribution in [-0.2, 0) is 30.6 Å². The zero-order chi connectivity index (χ0) is 39.2. The predicted octanol–water partition coefficient (Wildman–Crippen LogP) is 5.72. The topological polar surface area (TPSA) is 160 Å². The van der Waals surface area contributed by atoms with Crippen molar-refractivity contribution in [2.24, 2.45) is 5.92 Å². The lowest BCUT2D eigenvalue weighted by atomic mass is 10.0. The minimum absolute atomic E-state index is 0.0971. The van der Waals surface area contributed by atoms with Crippen molar-refractivity contribution >= 4 is 33.4 Å². The van der Waals surface area contributed by atoms with Gasteiger partial charge in [0.1, 0.15) is 41.5 Å². The van der Waals surface area contributed by atoms with Crippen LogP contribution in [0, 0.1) is 11.7 Å². The molecule has 2 saturated carbocycles. The van der Waals surface area contributed by atoms with Gasteiger partial charge < -0.3 is 24.7 Å². The Bertz CT molecular complexity index is 2090. The molecule has 3 aromatic rings. The van der Waals surface area contributed by atoms with Gasteiger partial charge in [0.25, 0.3) is 5.91 Å². The van der Waals surface area contributed by atoms with Crippen LogP contribution >= 0.6 is 0 Å². The van der Waals surface area contributed by atoms with Crippen molar-refractivity contribution in [2.75, 3.05) is 11.9 Å². The average Bonchev–Trinajstić information content (AvgIpc) is 3.92. The predicted molar refractivity (Wildman–Crippen MR) is 191 cm³/mol. The Labute approximate surface area is 315 Å². The van der Waals surface area contributed by atoms with Crippen LogP contribution in [0.1, 0.15) is 70.3 Å². The lowest BCUT2D eigenvalue weighted by molar-refractivity contribution is -0.140. The van der Waals surface area contributed by atoms with Crippen LogP contribution < -0.4 is 20.1 Å². The van der Waals surface area contributed by atoms with E-state index in [-0.39, 0.29) is 37.6 Å². The smallest absolute Gasteiger partial charge is 0.416 e. The number of aromatic nitrogens is 1. The maximum atomic E-state index is 14.5. The Morgan fingerprint density at radius 1 is 1.09 bits per heavy atom. The number of nitrogens with zero attached hydrogens (tertiary/aromatic N) is 2. The van der Waals surface area contributed by atoms with E-state index in [0.29, 0.717) is 50.3 Å². The molecule has 3 heterocycles. The van der Waals surface area contributed by atoms with Crippen molar-refractivity contribution in [1.29, 1.82) is 0 Å². The normalized spacial score (nSPS) is 27.4. The van der Waals surface area contributed by atoms with E-state index in [4.69, 9.17) is 9.15 Å². The number of nitrogens with one attached hydrogen (secondary N) is 3. The minimum Gasteiger partial charge on any atom is -0.445 e. The second-order valence-corrected chi connectivity index (χ2v) is 17.2. The van der Waals surface area contributed by atoms with Crippen molar-refractivity contribution in [1.82, 2.24) is 19.9 Å². The van der Waals surface area contributed by atoms with E-state index in [2.05, 4.69) is 20.3 Å². The van der Waals surface area contributed by atoms with E-state index in [0.717, 1.165) is 17.7 Å². The summed E-state index contributed by atoms with van der Waals surface area (Å²) in [6, 6.07) is 8.63. The molecule has 2 aliphatic heterocycles. The number of sulfonamides is 1. The maximum Gasteiger partial charge on any atom is 0.416 e. The number of alkyl halides is 3. The number of anilines is 1. The van der Waals surface area contributed by atoms with Gasteiger partial charge in [0, 0.05) is 23.6 Å². The van der Waals surface area contributed by atoms with E-state index in [1.807, 2.05) is 36.4 Å². The molecule has 1 aromatic heterocycles. The summed E-state index contributed by atoms with van der Waals surface area (Å²) < 4.78 is 94.2. The molecule has 5 atom stereocenters. The lowest BCUT2D eigenvalue weighted by Crippen LogP contribution is -2.58. The first-order valence-electron chi connectivity index (χ1n) is 18.2. The van der Waals surface area contributed by atoms with Crippen molar-refractivity contribution in [3.8, 4) is 17.3 Å². The maximum absolute atomic E-state index is 14.5. The molecule has 0 bridgehead atoms. The molecule has 2 aromatic carbocycles. The molecule has 0 radical (unpaired) electrons. The van der Waals surface area contributed by atoms with Crippen LogP contribution in [0.2, 0.25) is 0 Å². The molecule has 12 nitrogen and oxygen atoms in total. The zero-order valence-corrected chi connectivity index (χ0v) is 30.7. The fourth-order valence-corrected chi connectivity index (χ4v) is 8.49. The van der Waals surface area contributed by atoms with Gasteiger partial charge in [0.2, 0.25) is 21.8 Å². The summed E-state index contributed by atoms with van der Waals surface area (Å²) in [6.45, 7) is 1.36. The molecule has 1 saturated heterocycles. The van der Waals surface area contributed by atoms with Crippen LogP contribution in [0.4, 0.5) is 23.2 Å². The summed E-state index contributed by atoms with van der Waals surface area (Å²) in [5, 5.41) is 5.58. The van der Waals surface area contributed by atoms with Crippen molar-refractivity contribution in [3.05, 3.63) is 78.3 Å². The molecule has 17 heteroatoms. The highest BCUT2D eigenvalue weighted by Crippen LogP contribution is 2.47. The van der Waals surface area contributed by atoms with Gasteiger partial charge in [-0.2, -0.15) is 18.2 Å². The largest absolute Gasteiger partial charge is 0.445 e. The van der Waals surface area contributed by atoms with Gasteiger partial charge in [0.15, 0.2) is 0 Å². The monoisotopic (exact) mass is 787 g/mol. The van der Waals surface area contributed by atoms with Crippen LogP contribution in [0.3, 0.4) is 0 Å². The van der Waals surface area contributed by atoms with Gasteiger partial charge in [-0.15, -0.1) is 0 Å². The fourth-order valence-electron chi connectivity index (χ4n) is 7.18. The van der Waals surface area contributed by atoms with Gasteiger partial charge in [-0.25, -0.2) is 12.8 Å². The summed E-state index contributed by atoms with van der Waals surface area (Å²) in [5.41, 5.74) is -1.89. The van der Waals surface area contributed by atoms with Crippen molar-refractivity contribution in [3.63, 3.8) is 0 Å². The lowest BCUT2D eigenvalue weighted by Gasteiger charge is -2.30. The number of benzene rings is 2. The van der Waals surface area contributed by atoms with Crippen LogP contribution in [0.15, 0.2) is 71.4 Å². The third kappa shape index (κ3) is 8.21. The zero-order valence-electron chi connectivity index (χ0n) is 29.9. The summed E-state index contributed by atoms with van der Waals surface area (Å²) in [6.07, 6.45) is 2.50. The number of hydrogen-bond donors (Lipinski definition) is 3. The molecule has 55 heavy (non-hydrogen) atoms. The van der Waals surface area contributed by atoms with E-state index in [1.165, 1.54) is 18.1 Å². The highest BCUT2D eigenvalue weighted by atomic mass is 32.2. The Morgan fingerprint density at radius 3 is 2.58 bits per heavy atom. The first-order valence-corrected chi connectivity index (χ1v) is 19.7. The molecule has 3 amide bonds. The highest BCUT2D eigenvalue weighted by Gasteiger charge is 2.63. The Balaban J connectivity index is 1.19. The van der Waals surface area contributed by atoms with E-state index >= 15 is 0 Å². The first kappa shape index (κ1) is 38.3. The standard InChI is InChI=1S/C38H41F4N5O7S/c1-36(14-15-36)55(51,52)46-34(50)37-20-24(37)12-8-3-2-4-9-13-29(43-27-17-25(38(40,41)42)16-26(39)18-27)33(49)47-21-28(19-31(47)32(48)45-37)54-35-44-30(22-53-35)23-10-6-5-7-11-23/h5-8,10-12,16-18,22,24,28-29,31,43H,2-4,9,13-15,19-21H2,1H3,(H,45,48)(H,46,50)/b12-8-/t24-,28-,29+,31+,37-/m1/s1. The molecule has 294 valence electrons. The van der Waals surface area contributed by atoms with Crippen LogP contribution in [0.5, 0.6) is 6.08 Å². The number of carbonyl (C=O) groups excluding carboxylic acids is 3. The van der Waals surface area contributed by atoms with Crippen LogP contribution in [-0.4, -0.2) is 71.0 Å². The third-order valence-corrected chi connectivity index (χ3v) is 13.0. The summed E-state index contributed by atoms with van der Waals surface area (Å²) in [7, 11) is -4.05. The molecular formula is C38H41F4N5O7S. The second-order valence-electron chi connectivity index (χ2n) is 15.0. The molecule has 3 fully saturated rings. The second kappa shape index (κ2) is 14.6. The average molecular weight is 788 g/mol. The number of ether oxygens (including phenoxy) is 1. The number of amides is 3. The number of rotatable bonds is 8. The van der Waals surface area contributed by atoms with E-state index in [9.17, 15) is 40.4 Å². The summed E-state index contributed by atoms with van der Waals surface area (Å²) in [5.74, 6) is -3.96.